The van der Waals surface area contributed by atoms with Crippen LogP contribution < -0.4 is 4.74 Å². The van der Waals surface area contributed by atoms with Crippen LogP contribution in [0.4, 0.5) is 0 Å². The van der Waals surface area contributed by atoms with Crippen LogP contribution in [-0.4, -0.2) is 22.1 Å². The topological polar surface area (TPSA) is 71.7 Å². The zero-order valence-electron chi connectivity index (χ0n) is 14.0. The molecule has 1 aromatic carbocycles. The first kappa shape index (κ1) is 15.7. The number of ether oxygens (including phenoxy) is 1. The Bertz CT molecular complexity index is 1120. The number of fused-ring (bicyclic) bond motifs is 1. The predicted octanol–water partition coefficient (Wildman–Crippen LogP) is 4.24. The molecule has 3 heterocycles. The molecule has 0 saturated heterocycles. The van der Waals surface area contributed by atoms with E-state index >= 15 is 0 Å². The lowest BCUT2D eigenvalue weighted by Crippen LogP contribution is -1.98. The number of pyridine rings is 3. The molecule has 0 unspecified atom stereocenters. The average Bonchev–Trinajstić information content (AvgIpc) is 2.73. The maximum Gasteiger partial charge on any atom is 0.151 e. The first-order valence-corrected chi connectivity index (χ1v) is 8.06. The molecule has 5 heteroatoms. The Morgan fingerprint density at radius 3 is 2.23 bits per heavy atom. The summed E-state index contributed by atoms with van der Waals surface area (Å²) in [6.07, 6.45) is 3.42. The third-order valence-electron chi connectivity index (χ3n) is 4.15. The molecule has 0 radical (unpaired) electrons. The Morgan fingerprint density at radius 2 is 1.62 bits per heavy atom. The zero-order chi connectivity index (χ0) is 17.9. The second-order valence-corrected chi connectivity index (χ2v) is 5.64. The van der Waals surface area contributed by atoms with Gasteiger partial charge < -0.3 is 4.74 Å². The van der Waals surface area contributed by atoms with Gasteiger partial charge >= 0.3 is 0 Å². The van der Waals surface area contributed by atoms with E-state index in [9.17, 15) is 5.26 Å². The van der Waals surface area contributed by atoms with Gasteiger partial charge in [-0.3, -0.25) is 9.97 Å². The highest BCUT2D eigenvalue weighted by Gasteiger charge is 2.18. The van der Waals surface area contributed by atoms with Crippen molar-refractivity contribution in [2.75, 3.05) is 7.11 Å². The fourth-order valence-electron chi connectivity index (χ4n) is 2.97. The van der Waals surface area contributed by atoms with Gasteiger partial charge in [0.1, 0.15) is 11.8 Å². The number of aromatic nitrogens is 3. The number of benzene rings is 1. The normalized spacial score (nSPS) is 10.5. The Labute approximate surface area is 150 Å². The molecule has 0 aliphatic carbocycles. The number of nitrogens with zero attached hydrogens (tertiary/aromatic N) is 4. The van der Waals surface area contributed by atoms with Crippen LogP contribution in [-0.2, 0) is 0 Å². The molecule has 0 N–H and O–H groups in total. The average molecular weight is 338 g/mol. The Balaban J connectivity index is 2.13. The monoisotopic (exact) mass is 338 g/mol. The first-order valence-electron chi connectivity index (χ1n) is 8.06. The highest BCUT2D eigenvalue weighted by molar-refractivity contribution is 6.04. The smallest absolute Gasteiger partial charge is 0.151 e. The number of methoxy groups -OCH3 is 1. The molecule has 0 spiro atoms. The maximum atomic E-state index is 9.75. The van der Waals surface area contributed by atoms with E-state index < -0.39 is 0 Å². The molecule has 0 fully saturated rings. The Kier molecular flexibility index (Phi) is 4.00. The summed E-state index contributed by atoms with van der Waals surface area (Å²) in [6.45, 7) is 0. The minimum Gasteiger partial charge on any atom is -0.497 e. The van der Waals surface area contributed by atoms with Crippen LogP contribution in [0.2, 0.25) is 0 Å². The van der Waals surface area contributed by atoms with Crippen LogP contribution in [0.15, 0.2) is 67.0 Å². The number of nitriles is 1. The summed E-state index contributed by atoms with van der Waals surface area (Å²) in [5.41, 5.74) is 3.08. The molecule has 0 aliphatic rings. The second-order valence-electron chi connectivity index (χ2n) is 5.64. The highest BCUT2D eigenvalue weighted by Crippen LogP contribution is 2.36. The van der Waals surface area contributed by atoms with Gasteiger partial charge in [-0.2, -0.15) is 5.26 Å². The van der Waals surface area contributed by atoms with Crippen molar-refractivity contribution in [3.8, 4) is 34.5 Å². The van der Waals surface area contributed by atoms with E-state index in [0.717, 1.165) is 10.8 Å². The van der Waals surface area contributed by atoms with E-state index in [-0.39, 0.29) is 0 Å². The zero-order valence-corrected chi connectivity index (χ0v) is 14.0. The Morgan fingerprint density at radius 1 is 0.885 bits per heavy atom. The molecule has 0 aliphatic heterocycles. The molecule has 3 aromatic heterocycles. The summed E-state index contributed by atoms with van der Waals surface area (Å²) in [5.74, 6) is 0.705. The van der Waals surface area contributed by atoms with Gasteiger partial charge in [0.25, 0.3) is 0 Å². The minimum atomic E-state index is 0.310. The lowest BCUT2D eigenvalue weighted by atomic mass is 9.97. The molecule has 0 atom stereocenters. The van der Waals surface area contributed by atoms with Gasteiger partial charge in [0.05, 0.1) is 24.2 Å². The third kappa shape index (κ3) is 2.64. The van der Waals surface area contributed by atoms with Crippen LogP contribution in [0.1, 0.15) is 5.69 Å². The van der Waals surface area contributed by atoms with E-state index in [4.69, 9.17) is 4.74 Å². The van der Waals surface area contributed by atoms with Crippen LogP contribution in [0.5, 0.6) is 5.75 Å². The molecule has 4 aromatic rings. The van der Waals surface area contributed by atoms with Gasteiger partial charge in [-0.25, -0.2) is 4.98 Å². The number of hydrogen-bond donors (Lipinski definition) is 0. The maximum absolute atomic E-state index is 9.75. The minimum absolute atomic E-state index is 0.310. The van der Waals surface area contributed by atoms with Crippen molar-refractivity contribution in [3.63, 3.8) is 0 Å². The predicted molar refractivity (Wildman–Crippen MR) is 99.5 cm³/mol. The molecule has 5 nitrogen and oxygen atoms in total. The number of hydrogen-bond acceptors (Lipinski definition) is 5. The van der Waals surface area contributed by atoms with Crippen molar-refractivity contribution in [3.05, 3.63) is 72.7 Å². The van der Waals surface area contributed by atoms with Crippen LogP contribution in [0.25, 0.3) is 33.4 Å². The summed E-state index contributed by atoms with van der Waals surface area (Å²) < 4.78 is 5.39. The second kappa shape index (κ2) is 6.61. The van der Waals surface area contributed by atoms with Gasteiger partial charge in [-0.1, -0.05) is 12.1 Å². The first-order chi connectivity index (χ1) is 12.8. The van der Waals surface area contributed by atoms with Crippen molar-refractivity contribution in [2.24, 2.45) is 0 Å². The Hall–Kier alpha value is -3.78. The fraction of sp³-hybridized carbons (Fsp3) is 0.0476. The van der Waals surface area contributed by atoms with E-state index in [1.807, 2.05) is 54.6 Å². The van der Waals surface area contributed by atoms with Gasteiger partial charge in [-0.05, 0) is 47.9 Å². The summed E-state index contributed by atoms with van der Waals surface area (Å²) in [7, 11) is 1.62. The lowest BCUT2D eigenvalue weighted by Gasteiger charge is -2.13. The lowest BCUT2D eigenvalue weighted by molar-refractivity contribution is 0.415. The fourth-order valence-corrected chi connectivity index (χ4v) is 2.97. The van der Waals surface area contributed by atoms with Crippen molar-refractivity contribution >= 4 is 10.8 Å². The van der Waals surface area contributed by atoms with Crippen molar-refractivity contribution < 1.29 is 4.74 Å². The summed E-state index contributed by atoms with van der Waals surface area (Å²) in [4.78, 5) is 13.4. The van der Waals surface area contributed by atoms with Crippen molar-refractivity contribution in [2.45, 2.75) is 0 Å². The standard InChI is InChI=1S/C21H14N4O/c1-26-14-8-9-15-16(12-14)20(17-6-2-4-10-23-17)19(13-22)25-21(15)18-7-3-5-11-24-18/h2-12H,1H3. The van der Waals surface area contributed by atoms with Gasteiger partial charge in [0, 0.05) is 23.3 Å². The van der Waals surface area contributed by atoms with E-state index in [1.54, 1.807) is 19.5 Å². The van der Waals surface area contributed by atoms with Gasteiger partial charge in [0.2, 0.25) is 0 Å². The van der Waals surface area contributed by atoms with Crippen LogP contribution in [0, 0.1) is 11.3 Å². The largest absolute Gasteiger partial charge is 0.497 e. The molecule has 0 bridgehead atoms. The van der Waals surface area contributed by atoms with Crippen molar-refractivity contribution in [1.82, 2.24) is 15.0 Å². The summed E-state index contributed by atoms with van der Waals surface area (Å²) in [5, 5.41) is 11.5. The van der Waals surface area contributed by atoms with E-state index in [2.05, 4.69) is 21.0 Å². The molecular weight excluding hydrogens is 324 g/mol. The molecule has 26 heavy (non-hydrogen) atoms. The SMILES string of the molecule is COc1ccc2c(-c3ccccn3)nc(C#N)c(-c3ccccn3)c2c1. The van der Waals surface area contributed by atoms with Crippen LogP contribution >= 0.6 is 0 Å². The molecule has 0 saturated carbocycles. The summed E-state index contributed by atoms with van der Waals surface area (Å²) in [6, 6.07) is 19.2. The molecular formula is C21H14N4O. The third-order valence-corrected chi connectivity index (χ3v) is 4.15. The number of rotatable bonds is 3. The van der Waals surface area contributed by atoms with E-state index in [0.29, 0.717) is 34.1 Å². The van der Waals surface area contributed by atoms with Crippen LogP contribution in [0.3, 0.4) is 0 Å². The highest BCUT2D eigenvalue weighted by atomic mass is 16.5. The molecule has 4 rings (SSSR count). The van der Waals surface area contributed by atoms with E-state index in [1.165, 1.54) is 0 Å². The van der Waals surface area contributed by atoms with Crippen molar-refractivity contribution in [1.29, 1.82) is 5.26 Å². The molecule has 124 valence electrons. The summed E-state index contributed by atoms with van der Waals surface area (Å²) >= 11 is 0. The quantitative estimate of drug-likeness (QED) is 0.559. The molecule has 0 amide bonds. The van der Waals surface area contributed by atoms with Gasteiger partial charge in [-0.15, -0.1) is 0 Å². The van der Waals surface area contributed by atoms with Gasteiger partial charge in [0.15, 0.2) is 5.69 Å².